The van der Waals surface area contributed by atoms with E-state index >= 15 is 0 Å². The lowest BCUT2D eigenvalue weighted by atomic mass is 9.94. The van der Waals surface area contributed by atoms with Crippen molar-refractivity contribution in [3.8, 4) is 0 Å². The minimum absolute atomic E-state index is 0.0702. The Labute approximate surface area is 114 Å². The van der Waals surface area contributed by atoms with Gasteiger partial charge >= 0.3 is 0 Å². The third-order valence-electron chi connectivity index (χ3n) is 4.41. The second kappa shape index (κ2) is 5.23. The van der Waals surface area contributed by atoms with Crippen LogP contribution in [0.5, 0.6) is 0 Å². The van der Waals surface area contributed by atoms with Crippen molar-refractivity contribution in [2.24, 2.45) is 0 Å². The van der Waals surface area contributed by atoms with Crippen LogP contribution in [0.15, 0.2) is 24.3 Å². The average Bonchev–Trinajstić information content (AvgIpc) is 2.78. The van der Waals surface area contributed by atoms with Crippen molar-refractivity contribution in [2.75, 3.05) is 6.61 Å². The Morgan fingerprint density at radius 2 is 2.00 bits per heavy atom. The first-order valence-corrected chi connectivity index (χ1v) is 7.30. The molecule has 1 heterocycles. The highest BCUT2D eigenvalue weighted by Gasteiger charge is 2.53. The minimum atomic E-state index is -0.321. The van der Waals surface area contributed by atoms with Crippen molar-refractivity contribution < 1.29 is 14.6 Å². The molecule has 3 heteroatoms. The van der Waals surface area contributed by atoms with Crippen molar-refractivity contribution in [2.45, 2.75) is 57.0 Å². The van der Waals surface area contributed by atoms with Gasteiger partial charge in [0.05, 0.1) is 12.8 Å². The van der Waals surface area contributed by atoms with Gasteiger partial charge in [0.15, 0.2) is 6.10 Å². The smallest absolute Gasteiger partial charge is 0.275 e. The Morgan fingerprint density at radius 3 is 2.68 bits per heavy atom. The Bertz CT molecular complexity index is 437. The van der Waals surface area contributed by atoms with Crippen molar-refractivity contribution >= 4 is 0 Å². The molecule has 0 amide bonds. The summed E-state index contributed by atoms with van der Waals surface area (Å²) in [6, 6.07) is 8.26. The quantitative estimate of drug-likeness (QED) is 0.833. The summed E-state index contributed by atoms with van der Waals surface area (Å²) in [5.74, 6) is -0.321. The maximum absolute atomic E-state index is 9.63. The number of benzene rings is 1. The molecule has 3 rings (SSSR count). The van der Waals surface area contributed by atoms with E-state index in [1.807, 2.05) is 12.1 Å². The zero-order chi connectivity index (χ0) is 13.3. The molecule has 0 bridgehead atoms. The molecule has 2 atom stereocenters. The predicted molar refractivity (Wildman–Crippen MR) is 73.9 cm³/mol. The summed E-state index contributed by atoms with van der Waals surface area (Å²) in [6.07, 6.45) is 5.46. The summed E-state index contributed by atoms with van der Waals surface area (Å²) in [7, 11) is 0. The molecule has 2 aliphatic rings. The molecule has 1 aliphatic carbocycles. The Balaban J connectivity index is 1.87. The predicted octanol–water partition coefficient (Wildman–Crippen LogP) is 2.62. The van der Waals surface area contributed by atoms with Gasteiger partial charge in [-0.2, -0.15) is 0 Å². The lowest BCUT2D eigenvalue weighted by molar-refractivity contribution is -0.285. The van der Waals surface area contributed by atoms with Crippen LogP contribution in [0.25, 0.3) is 0 Å². The lowest BCUT2D eigenvalue weighted by Gasteiger charge is -2.27. The average molecular weight is 263 g/mol. The lowest BCUT2D eigenvalue weighted by Crippen LogP contribution is -2.37. The molecule has 1 aromatic carbocycles. The van der Waals surface area contributed by atoms with Gasteiger partial charge in [0.2, 0.25) is 6.10 Å². The second-order valence-corrected chi connectivity index (χ2v) is 5.78. The maximum Gasteiger partial charge on any atom is 0.275 e. The van der Waals surface area contributed by atoms with Gasteiger partial charge < -0.3 is 9.84 Å². The first-order chi connectivity index (χ1) is 9.24. The first-order valence-electron chi connectivity index (χ1n) is 7.30. The molecule has 0 aromatic heterocycles. The van der Waals surface area contributed by atoms with Crippen molar-refractivity contribution in [3.63, 3.8) is 0 Å². The van der Waals surface area contributed by atoms with Crippen LogP contribution in [0.2, 0.25) is 0 Å². The molecule has 1 aliphatic heterocycles. The van der Waals surface area contributed by atoms with E-state index < -0.39 is 0 Å². The normalized spacial score (nSPS) is 29.8. The van der Waals surface area contributed by atoms with Crippen LogP contribution in [0.3, 0.4) is 0 Å². The van der Waals surface area contributed by atoms with Crippen LogP contribution < -0.4 is 0 Å². The molecule has 0 radical (unpaired) electrons. The first kappa shape index (κ1) is 13.1. The zero-order valence-corrected chi connectivity index (χ0v) is 11.5. The van der Waals surface area contributed by atoms with E-state index in [4.69, 9.17) is 9.47 Å². The molecule has 1 aromatic rings. The molecular weight excluding hydrogens is 240 g/mol. The number of hydrogen-bond donors (Lipinski definition) is 1. The van der Waals surface area contributed by atoms with Crippen LogP contribution in [-0.4, -0.2) is 28.3 Å². The highest BCUT2D eigenvalue weighted by Crippen LogP contribution is 2.44. The van der Waals surface area contributed by atoms with Gasteiger partial charge in [-0.3, -0.25) is 4.74 Å². The number of aliphatic hydroxyl groups is 3. The largest absolute Gasteiger partial charge is 0.401 e. The fraction of sp³-hybridized carbons (Fsp3) is 0.625. The van der Waals surface area contributed by atoms with Crippen LogP contribution >= 0.6 is 0 Å². The van der Waals surface area contributed by atoms with Crippen LogP contribution in [0.1, 0.15) is 49.3 Å². The van der Waals surface area contributed by atoms with Gasteiger partial charge in [0.25, 0.3) is 5.79 Å². The highest BCUT2D eigenvalue weighted by molar-refractivity contribution is 5.29. The summed E-state index contributed by atoms with van der Waals surface area (Å²) < 4.78 is 11.2. The van der Waals surface area contributed by atoms with Gasteiger partial charge in [0.1, 0.15) is 6.61 Å². The van der Waals surface area contributed by atoms with Crippen LogP contribution in [0, 0.1) is 6.92 Å². The minimum Gasteiger partial charge on any atom is -0.401 e. The van der Waals surface area contributed by atoms with Crippen LogP contribution in [0.4, 0.5) is 0 Å². The maximum atomic E-state index is 9.63. The van der Waals surface area contributed by atoms with E-state index in [1.54, 1.807) is 0 Å². The monoisotopic (exact) mass is 263 g/mol. The molecule has 1 spiro atoms. The Morgan fingerprint density at radius 1 is 1.26 bits per heavy atom. The zero-order valence-electron chi connectivity index (χ0n) is 11.5. The molecule has 2 unspecified atom stereocenters. The fourth-order valence-electron chi connectivity index (χ4n) is 3.38. The molecule has 1 saturated heterocycles. The van der Waals surface area contributed by atoms with E-state index in [2.05, 4.69) is 19.1 Å². The molecule has 2 fully saturated rings. The van der Waals surface area contributed by atoms with E-state index in [1.165, 1.54) is 30.4 Å². The number of aryl methyl sites for hydroxylation is 1. The van der Waals surface area contributed by atoms with Crippen molar-refractivity contribution in [1.29, 1.82) is 0 Å². The molecule has 2 N–H and O–H groups in total. The van der Waals surface area contributed by atoms with Crippen molar-refractivity contribution in [1.82, 2.24) is 0 Å². The highest BCUT2D eigenvalue weighted by atomic mass is 16.8. The summed E-state index contributed by atoms with van der Waals surface area (Å²) in [4.78, 5) is 0. The standard InChI is InChI=1S/C16H22O3/c1-12-7-3-4-8-13(12)15-14(11-17)18-16(19-15)9-5-2-6-10-16/h3-4,7-8,14-15,17H,2,5-6,9-11H2,1H3/p+1. The SMILES string of the molecule is Cc1ccccc1C1OC2(CCCCC2)[OH+]C1CO. The second-order valence-electron chi connectivity index (χ2n) is 5.78. The number of aliphatic hydroxyl groups excluding tert-OH is 1. The number of ether oxygens (including phenoxy) is 2. The molecular formula is C16H23O3+. The number of rotatable bonds is 2. The third kappa shape index (κ3) is 2.42. The van der Waals surface area contributed by atoms with E-state index in [9.17, 15) is 5.11 Å². The van der Waals surface area contributed by atoms with Crippen molar-refractivity contribution in [3.05, 3.63) is 35.4 Å². The molecule has 3 nitrogen and oxygen atoms in total. The van der Waals surface area contributed by atoms with Gasteiger partial charge in [-0.1, -0.05) is 30.7 Å². The van der Waals surface area contributed by atoms with Gasteiger partial charge in [-0.25, -0.2) is 0 Å². The van der Waals surface area contributed by atoms with E-state index in [0.29, 0.717) is 0 Å². The van der Waals surface area contributed by atoms with Gasteiger partial charge in [-0.05, 0) is 30.9 Å². The topological polar surface area (TPSA) is 42.3 Å². The van der Waals surface area contributed by atoms with Gasteiger partial charge in [0, 0.05) is 0 Å². The number of hydrogen-bond acceptors (Lipinski definition) is 2. The molecule has 19 heavy (non-hydrogen) atoms. The summed E-state index contributed by atoms with van der Waals surface area (Å²) in [5, 5.41) is 9.63. The van der Waals surface area contributed by atoms with E-state index in [-0.39, 0.29) is 24.6 Å². The van der Waals surface area contributed by atoms with Gasteiger partial charge in [-0.15, -0.1) is 0 Å². The summed E-state index contributed by atoms with van der Waals surface area (Å²) in [6.45, 7) is 2.17. The fourth-order valence-corrected chi connectivity index (χ4v) is 3.38. The summed E-state index contributed by atoms with van der Waals surface area (Å²) >= 11 is 0. The van der Waals surface area contributed by atoms with E-state index in [0.717, 1.165) is 12.8 Å². The van der Waals surface area contributed by atoms with Crippen LogP contribution in [-0.2, 0) is 4.74 Å². The Hall–Kier alpha value is -0.900. The molecule has 1 saturated carbocycles. The Kier molecular flexibility index (Phi) is 3.61. The third-order valence-corrected chi connectivity index (χ3v) is 4.41. The molecule has 104 valence electrons. The summed E-state index contributed by atoms with van der Waals surface area (Å²) in [5.41, 5.74) is 2.39.